The Labute approximate surface area is 215 Å². The molecule has 1 heterocycles. The lowest BCUT2D eigenvalue weighted by atomic mass is 9.91. The van der Waals surface area contributed by atoms with E-state index in [-0.39, 0.29) is 5.78 Å². The van der Waals surface area contributed by atoms with Crippen molar-refractivity contribution < 1.29 is 9.59 Å². The number of anilines is 2. The van der Waals surface area contributed by atoms with Crippen LogP contribution in [0.15, 0.2) is 48.5 Å². The van der Waals surface area contributed by atoms with Crippen LogP contribution in [0, 0.1) is 0 Å². The predicted molar refractivity (Wildman–Crippen MR) is 143 cm³/mol. The summed E-state index contributed by atoms with van der Waals surface area (Å²) in [5.74, 6) is -0.534. The average Bonchev–Trinajstić information content (AvgIpc) is 3.15. The molecule has 7 heteroatoms. The maximum Gasteiger partial charge on any atom is 0.251 e. The molecule has 1 fully saturated rings. The lowest BCUT2D eigenvalue weighted by Crippen LogP contribution is -2.47. The number of hydrogen-bond acceptors (Lipinski definition) is 4. The highest BCUT2D eigenvalue weighted by Crippen LogP contribution is 2.45. The molecule has 0 bridgehead atoms. The maximum absolute atomic E-state index is 13.6. The molecule has 1 saturated heterocycles. The predicted octanol–water partition coefficient (Wildman–Crippen LogP) is 5.97. The molecule has 0 saturated carbocycles. The van der Waals surface area contributed by atoms with Gasteiger partial charge in [0.15, 0.2) is 5.78 Å². The quantitative estimate of drug-likeness (QED) is 0.348. The van der Waals surface area contributed by atoms with E-state index in [1.54, 1.807) is 6.07 Å². The molecular formula is C28H27Cl2N3O2. The Bertz CT molecular complexity index is 1330. The van der Waals surface area contributed by atoms with Gasteiger partial charge < -0.3 is 15.5 Å². The minimum Gasteiger partial charge on any atom is -0.367 e. The van der Waals surface area contributed by atoms with E-state index in [1.165, 1.54) is 0 Å². The van der Waals surface area contributed by atoms with Gasteiger partial charge >= 0.3 is 0 Å². The lowest BCUT2D eigenvalue weighted by Gasteiger charge is -2.39. The number of nitrogens with two attached hydrogens (primary N) is 1. The van der Waals surface area contributed by atoms with Crippen molar-refractivity contribution in [3.63, 3.8) is 0 Å². The number of aryl methyl sites for hydroxylation is 1. The first kappa shape index (κ1) is 23.7. The Morgan fingerprint density at radius 1 is 0.943 bits per heavy atom. The Balaban J connectivity index is 1.59. The van der Waals surface area contributed by atoms with Crippen LogP contribution in [0.4, 0.5) is 11.4 Å². The maximum atomic E-state index is 13.6. The van der Waals surface area contributed by atoms with Gasteiger partial charge in [0.25, 0.3) is 5.91 Å². The van der Waals surface area contributed by atoms with E-state index < -0.39 is 5.91 Å². The molecule has 0 aromatic heterocycles. The molecule has 3 aromatic rings. The van der Waals surface area contributed by atoms with Crippen LogP contribution in [0.1, 0.15) is 51.6 Å². The Kier molecular flexibility index (Phi) is 6.47. The number of amides is 1. The second kappa shape index (κ2) is 9.56. The molecule has 5 nitrogen and oxygen atoms in total. The first-order chi connectivity index (χ1) is 16.9. The smallest absolute Gasteiger partial charge is 0.251 e. The van der Waals surface area contributed by atoms with Crippen LogP contribution in [0.25, 0.3) is 11.1 Å². The summed E-state index contributed by atoms with van der Waals surface area (Å²) < 4.78 is 0. The number of nitrogens with zero attached hydrogens (tertiary/aromatic N) is 2. The molecule has 1 aliphatic heterocycles. The third-order valence-electron chi connectivity index (χ3n) is 6.99. The standard InChI is InChI=1S/C28H27Cl2N3O2/c1-2-3-7-17-16-20-18-8-4-5-9-19(18)27(34)24(20)26(23(17)28(31)35)33-14-12-32(13-15-33)22-11-6-10-21(29)25(22)30/h4-6,8-11,16H,2-3,7,12-15H2,1H3,(H2,31,35). The average molecular weight is 508 g/mol. The number of carbonyl (C=O) groups is 2. The minimum atomic E-state index is -0.488. The molecule has 5 rings (SSSR count). The van der Waals surface area contributed by atoms with Crippen molar-refractivity contribution in [2.24, 2.45) is 5.73 Å². The van der Waals surface area contributed by atoms with Crippen molar-refractivity contribution in [3.8, 4) is 11.1 Å². The van der Waals surface area contributed by atoms with Crippen molar-refractivity contribution >= 4 is 46.3 Å². The van der Waals surface area contributed by atoms with Crippen molar-refractivity contribution in [2.75, 3.05) is 36.0 Å². The third kappa shape index (κ3) is 4.07. The lowest BCUT2D eigenvalue weighted by molar-refractivity contribution is 0.0999. The first-order valence-electron chi connectivity index (χ1n) is 12.0. The molecular weight excluding hydrogens is 481 g/mol. The topological polar surface area (TPSA) is 66.6 Å². The van der Waals surface area contributed by atoms with Gasteiger partial charge in [-0.05, 0) is 47.7 Å². The van der Waals surface area contributed by atoms with Crippen LogP contribution >= 0.6 is 23.2 Å². The zero-order valence-electron chi connectivity index (χ0n) is 19.6. The summed E-state index contributed by atoms with van der Waals surface area (Å²) >= 11 is 12.7. The normalized spacial score (nSPS) is 14.8. The summed E-state index contributed by atoms with van der Waals surface area (Å²) in [6, 6.07) is 15.3. The van der Waals surface area contributed by atoms with Crippen LogP contribution in [0.5, 0.6) is 0 Å². The van der Waals surface area contributed by atoms with Crippen LogP contribution in [-0.4, -0.2) is 37.9 Å². The summed E-state index contributed by atoms with van der Waals surface area (Å²) in [5, 5.41) is 1.06. The highest BCUT2D eigenvalue weighted by molar-refractivity contribution is 6.43. The number of carbonyl (C=O) groups excluding carboxylic acids is 2. The zero-order valence-corrected chi connectivity index (χ0v) is 21.1. The fraction of sp³-hybridized carbons (Fsp3) is 0.286. The summed E-state index contributed by atoms with van der Waals surface area (Å²) in [6.07, 6.45) is 2.68. The largest absolute Gasteiger partial charge is 0.367 e. The van der Waals surface area contributed by atoms with Gasteiger partial charge in [0.05, 0.1) is 32.5 Å². The molecule has 3 aromatic carbocycles. The highest BCUT2D eigenvalue weighted by atomic mass is 35.5. The van der Waals surface area contributed by atoms with E-state index in [0.29, 0.717) is 58.6 Å². The molecule has 0 spiro atoms. The number of piperazine rings is 1. The number of unbranched alkanes of at least 4 members (excludes halogenated alkanes) is 1. The fourth-order valence-corrected chi connectivity index (χ4v) is 5.69. The Morgan fingerprint density at radius 3 is 2.31 bits per heavy atom. The number of rotatable bonds is 6. The van der Waals surface area contributed by atoms with Gasteiger partial charge in [-0.2, -0.15) is 0 Å². The van der Waals surface area contributed by atoms with Gasteiger partial charge in [0.1, 0.15) is 0 Å². The Morgan fingerprint density at radius 2 is 1.63 bits per heavy atom. The molecule has 1 aliphatic carbocycles. The van der Waals surface area contributed by atoms with E-state index in [9.17, 15) is 9.59 Å². The van der Waals surface area contributed by atoms with Crippen LogP contribution in [0.2, 0.25) is 10.0 Å². The highest BCUT2D eigenvalue weighted by Gasteiger charge is 2.36. The zero-order chi connectivity index (χ0) is 24.7. The molecule has 0 unspecified atom stereocenters. The molecule has 0 radical (unpaired) electrons. The molecule has 0 atom stereocenters. The first-order valence-corrected chi connectivity index (χ1v) is 12.8. The number of hydrogen-bond donors (Lipinski definition) is 1. The van der Waals surface area contributed by atoms with Gasteiger partial charge in [-0.1, -0.05) is 66.9 Å². The van der Waals surface area contributed by atoms with Crippen LogP contribution in [0.3, 0.4) is 0 Å². The molecule has 2 N–H and O–H groups in total. The molecule has 2 aliphatic rings. The number of fused-ring (bicyclic) bond motifs is 3. The van der Waals surface area contributed by atoms with Crippen molar-refractivity contribution in [1.29, 1.82) is 0 Å². The molecule has 35 heavy (non-hydrogen) atoms. The molecule has 1 amide bonds. The van der Waals surface area contributed by atoms with Crippen LogP contribution in [-0.2, 0) is 6.42 Å². The fourth-order valence-electron chi connectivity index (χ4n) is 5.28. The van der Waals surface area contributed by atoms with E-state index >= 15 is 0 Å². The number of halogens is 2. The van der Waals surface area contributed by atoms with Gasteiger partial charge in [-0.15, -0.1) is 0 Å². The number of ketones is 1. The number of benzene rings is 3. The monoisotopic (exact) mass is 507 g/mol. The second-order valence-electron chi connectivity index (χ2n) is 9.07. The van der Waals surface area contributed by atoms with Crippen molar-refractivity contribution in [3.05, 3.63) is 80.8 Å². The van der Waals surface area contributed by atoms with E-state index in [1.807, 2.05) is 42.5 Å². The van der Waals surface area contributed by atoms with Crippen molar-refractivity contribution in [1.82, 2.24) is 0 Å². The van der Waals surface area contributed by atoms with Crippen molar-refractivity contribution in [2.45, 2.75) is 26.2 Å². The summed E-state index contributed by atoms with van der Waals surface area (Å²) in [6.45, 7) is 4.71. The summed E-state index contributed by atoms with van der Waals surface area (Å²) in [7, 11) is 0. The molecule has 180 valence electrons. The SMILES string of the molecule is CCCCc1cc2c(c(N3CCN(c4cccc(Cl)c4Cl)CC3)c1C(N)=O)C(=O)c1ccccc1-2. The third-order valence-corrected chi connectivity index (χ3v) is 7.79. The van der Waals surface area contributed by atoms with Gasteiger partial charge in [0, 0.05) is 31.7 Å². The summed E-state index contributed by atoms with van der Waals surface area (Å²) in [4.78, 5) is 30.8. The van der Waals surface area contributed by atoms with Gasteiger partial charge in [0.2, 0.25) is 0 Å². The second-order valence-corrected chi connectivity index (χ2v) is 9.86. The van der Waals surface area contributed by atoms with Crippen LogP contribution < -0.4 is 15.5 Å². The summed E-state index contributed by atoms with van der Waals surface area (Å²) in [5.41, 5.74) is 12.0. The van der Waals surface area contributed by atoms with E-state index in [4.69, 9.17) is 28.9 Å². The van der Waals surface area contributed by atoms with E-state index in [2.05, 4.69) is 16.7 Å². The van der Waals surface area contributed by atoms with E-state index in [0.717, 1.165) is 41.6 Å². The van der Waals surface area contributed by atoms with Gasteiger partial charge in [-0.25, -0.2) is 0 Å². The number of primary amides is 1. The Hall–Kier alpha value is -3.02. The minimum absolute atomic E-state index is 0.0459. The van der Waals surface area contributed by atoms with Gasteiger partial charge in [-0.3, -0.25) is 9.59 Å².